The van der Waals surface area contributed by atoms with E-state index >= 15 is 0 Å². The zero-order valence-corrected chi connectivity index (χ0v) is 15.4. The van der Waals surface area contributed by atoms with Crippen LogP contribution in [0.2, 0.25) is 0 Å². The Morgan fingerprint density at radius 3 is 2.75 bits per heavy atom. The second kappa shape index (κ2) is 9.19. The maximum atomic E-state index is 12.2. The molecule has 24 heavy (non-hydrogen) atoms. The van der Waals surface area contributed by atoms with Gasteiger partial charge in [0, 0.05) is 19.6 Å². The molecule has 1 aromatic rings. The molecule has 1 fully saturated rings. The summed E-state index contributed by atoms with van der Waals surface area (Å²) < 4.78 is 0. The van der Waals surface area contributed by atoms with E-state index < -0.39 is 6.04 Å². The topological polar surface area (TPSA) is 58.4 Å². The third kappa shape index (κ3) is 5.32. The highest BCUT2D eigenvalue weighted by atomic mass is 16.2. The maximum absolute atomic E-state index is 12.2. The monoisotopic (exact) mass is 331 g/mol. The summed E-state index contributed by atoms with van der Waals surface area (Å²) in [5, 5.41) is 3.02. The average Bonchev–Trinajstić information content (AvgIpc) is 2.59. The molecule has 1 aliphatic rings. The largest absolute Gasteiger partial charge is 0.351 e. The summed E-state index contributed by atoms with van der Waals surface area (Å²) in [6.45, 7) is 10.3. The van der Waals surface area contributed by atoms with Crippen LogP contribution in [0, 0.1) is 11.8 Å². The molecule has 3 N–H and O–H groups in total. The van der Waals surface area contributed by atoms with Crippen molar-refractivity contribution in [2.45, 2.75) is 59.2 Å². The number of piperidine rings is 1. The lowest BCUT2D eigenvalue weighted by atomic mass is 9.98. The van der Waals surface area contributed by atoms with Crippen LogP contribution < -0.4 is 11.1 Å². The molecule has 4 heteroatoms. The first-order chi connectivity index (χ1) is 11.5. The molecular formula is C20H33N3O. The first-order valence-corrected chi connectivity index (χ1v) is 9.33. The van der Waals surface area contributed by atoms with Gasteiger partial charge in [-0.15, -0.1) is 0 Å². The van der Waals surface area contributed by atoms with E-state index in [9.17, 15) is 4.79 Å². The molecule has 0 saturated carbocycles. The van der Waals surface area contributed by atoms with Crippen LogP contribution >= 0.6 is 0 Å². The lowest BCUT2D eigenvalue weighted by Crippen LogP contribution is -2.44. The van der Waals surface area contributed by atoms with Crippen molar-refractivity contribution in [1.29, 1.82) is 0 Å². The van der Waals surface area contributed by atoms with Crippen molar-refractivity contribution in [2.75, 3.05) is 13.1 Å². The Hall–Kier alpha value is -1.39. The third-order valence-corrected chi connectivity index (χ3v) is 5.27. The van der Waals surface area contributed by atoms with E-state index in [1.165, 1.54) is 37.1 Å². The number of amides is 1. The smallest absolute Gasteiger partial charge is 0.237 e. The van der Waals surface area contributed by atoms with E-state index in [1.54, 1.807) is 0 Å². The molecule has 0 spiro atoms. The molecule has 1 heterocycles. The van der Waals surface area contributed by atoms with Gasteiger partial charge in [0.2, 0.25) is 5.91 Å². The molecule has 4 nitrogen and oxygen atoms in total. The summed E-state index contributed by atoms with van der Waals surface area (Å²) in [6, 6.07) is 7.98. The molecule has 0 aliphatic carbocycles. The van der Waals surface area contributed by atoms with Gasteiger partial charge in [0.1, 0.15) is 0 Å². The van der Waals surface area contributed by atoms with Gasteiger partial charge in [-0.2, -0.15) is 0 Å². The molecule has 2 rings (SSSR count). The summed E-state index contributed by atoms with van der Waals surface area (Å²) >= 11 is 0. The number of nitrogens with two attached hydrogens (primary N) is 1. The number of rotatable bonds is 7. The van der Waals surface area contributed by atoms with Crippen LogP contribution in [-0.2, 0) is 17.9 Å². The van der Waals surface area contributed by atoms with E-state index in [0.717, 1.165) is 18.9 Å². The summed E-state index contributed by atoms with van der Waals surface area (Å²) in [5.41, 5.74) is 8.52. The SMILES string of the molecule is CCC(C)C(N)C(=O)NCc1ccccc1CN1CCCC(C)C1. The van der Waals surface area contributed by atoms with Gasteiger partial charge in [-0.1, -0.05) is 51.5 Å². The molecule has 3 unspecified atom stereocenters. The Bertz CT molecular complexity index is 531. The van der Waals surface area contributed by atoms with E-state index in [-0.39, 0.29) is 11.8 Å². The predicted molar refractivity (Wildman–Crippen MR) is 99.4 cm³/mol. The summed E-state index contributed by atoms with van der Waals surface area (Å²) in [6.07, 6.45) is 3.53. The van der Waals surface area contributed by atoms with Gasteiger partial charge in [0.05, 0.1) is 6.04 Å². The maximum Gasteiger partial charge on any atom is 0.237 e. The average molecular weight is 332 g/mol. The highest BCUT2D eigenvalue weighted by Gasteiger charge is 2.20. The molecule has 134 valence electrons. The van der Waals surface area contributed by atoms with Crippen LogP contribution in [0.4, 0.5) is 0 Å². The molecule has 1 aliphatic heterocycles. The van der Waals surface area contributed by atoms with E-state index in [2.05, 4.69) is 42.3 Å². The van der Waals surface area contributed by atoms with Gasteiger partial charge in [-0.05, 0) is 42.3 Å². The van der Waals surface area contributed by atoms with Crippen molar-refractivity contribution in [1.82, 2.24) is 10.2 Å². The van der Waals surface area contributed by atoms with Gasteiger partial charge in [0.25, 0.3) is 0 Å². The Balaban J connectivity index is 1.94. The number of likely N-dealkylation sites (tertiary alicyclic amines) is 1. The lowest BCUT2D eigenvalue weighted by molar-refractivity contribution is -0.123. The summed E-state index contributed by atoms with van der Waals surface area (Å²) in [5.74, 6) is 0.931. The highest BCUT2D eigenvalue weighted by molar-refractivity contribution is 5.81. The zero-order chi connectivity index (χ0) is 17.5. The van der Waals surface area contributed by atoms with Gasteiger partial charge in [-0.3, -0.25) is 9.69 Å². The van der Waals surface area contributed by atoms with Crippen LogP contribution in [0.3, 0.4) is 0 Å². The first kappa shape index (κ1) is 18.9. The molecule has 0 bridgehead atoms. The Morgan fingerprint density at radius 2 is 2.08 bits per heavy atom. The van der Waals surface area contributed by atoms with Crippen molar-refractivity contribution in [3.63, 3.8) is 0 Å². The fourth-order valence-electron chi connectivity index (χ4n) is 3.37. The second-order valence-electron chi connectivity index (χ2n) is 7.38. The number of nitrogens with one attached hydrogen (secondary N) is 1. The van der Waals surface area contributed by atoms with Crippen LogP contribution in [-0.4, -0.2) is 29.9 Å². The standard InChI is InChI=1S/C20H33N3O/c1-4-16(3)19(21)20(24)22-12-17-9-5-6-10-18(17)14-23-11-7-8-15(2)13-23/h5-6,9-10,15-16,19H,4,7-8,11-14,21H2,1-3H3,(H,22,24). The minimum Gasteiger partial charge on any atom is -0.351 e. The highest BCUT2D eigenvalue weighted by Crippen LogP contribution is 2.19. The van der Waals surface area contributed by atoms with E-state index in [0.29, 0.717) is 6.54 Å². The Labute approximate surface area is 146 Å². The van der Waals surface area contributed by atoms with Crippen LogP contribution in [0.25, 0.3) is 0 Å². The second-order valence-corrected chi connectivity index (χ2v) is 7.38. The lowest BCUT2D eigenvalue weighted by Gasteiger charge is -2.31. The van der Waals surface area contributed by atoms with Crippen molar-refractivity contribution in [2.24, 2.45) is 17.6 Å². The number of benzene rings is 1. The number of carbonyl (C=O) groups excluding carboxylic acids is 1. The van der Waals surface area contributed by atoms with Gasteiger partial charge < -0.3 is 11.1 Å². The van der Waals surface area contributed by atoms with Crippen molar-refractivity contribution < 1.29 is 4.79 Å². The Morgan fingerprint density at radius 1 is 1.38 bits per heavy atom. The van der Waals surface area contributed by atoms with Crippen molar-refractivity contribution in [3.8, 4) is 0 Å². The molecular weight excluding hydrogens is 298 g/mol. The van der Waals surface area contributed by atoms with E-state index in [1.807, 2.05) is 13.0 Å². The van der Waals surface area contributed by atoms with Crippen LogP contribution in [0.5, 0.6) is 0 Å². The number of hydrogen-bond donors (Lipinski definition) is 2. The minimum atomic E-state index is -0.426. The molecule has 1 amide bonds. The zero-order valence-electron chi connectivity index (χ0n) is 15.4. The number of hydrogen-bond acceptors (Lipinski definition) is 3. The molecule has 0 aromatic heterocycles. The molecule has 1 aromatic carbocycles. The minimum absolute atomic E-state index is 0.0502. The number of nitrogens with zero attached hydrogens (tertiary/aromatic N) is 1. The Kier molecular flexibility index (Phi) is 7.25. The fraction of sp³-hybridized carbons (Fsp3) is 0.650. The number of carbonyl (C=O) groups is 1. The first-order valence-electron chi connectivity index (χ1n) is 9.33. The van der Waals surface area contributed by atoms with Gasteiger partial charge in [0.15, 0.2) is 0 Å². The van der Waals surface area contributed by atoms with Crippen LogP contribution in [0.1, 0.15) is 51.2 Å². The predicted octanol–water partition coefficient (Wildman–Crippen LogP) is 2.91. The van der Waals surface area contributed by atoms with Gasteiger partial charge >= 0.3 is 0 Å². The van der Waals surface area contributed by atoms with Crippen LogP contribution in [0.15, 0.2) is 24.3 Å². The van der Waals surface area contributed by atoms with Gasteiger partial charge in [-0.25, -0.2) is 0 Å². The molecule has 0 radical (unpaired) electrons. The van der Waals surface area contributed by atoms with Crippen molar-refractivity contribution in [3.05, 3.63) is 35.4 Å². The fourth-order valence-corrected chi connectivity index (χ4v) is 3.37. The molecule has 3 atom stereocenters. The molecule has 1 saturated heterocycles. The third-order valence-electron chi connectivity index (χ3n) is 5.27. The normalized spacial score (nSPS) is 21.2. The summed E-state index contributed by atoms with van der Waals surface area (Å²) in [4.78, 5) is 14.7. The summed E-state index contributed by atoms with van der Waals surface area (Å²) in [7, 11) is 0. The van der Waals surface area contributed by atoms with E-state index in [4.69, 9.17) is 5.73 Å². The van der Waals surface area contributed by atoms with Crippen molar-refractivity contribution >= 4 is 5.91 Å². The quantitative estimate of drug-likeness (QED) is 0.808.